The summed E-state index contributed by atoms with van der Waals surface area (Å²) in [4.78, 5) is 19.4. The lowest BCUT2D eigenvalue weighted by Gasteiger charge is -2.24. The number of ketones is 1. The first kappa shape index (κ1) is 10.9. The number of hydrogen-bond donors (Lipinski definition) is 0. The van der Waals surface area contributed by atoms with Crippen LogP contribution in [0.5, 0.6) is 0 Å². The lowest BCUT2D eigenvalue weighted by molar-refractivity contribution is -0.111. The third-order valence-corrected chi connectivity index (χ3v) is 2.89. The fourth-order valence-electron chi connectivity index (χ4n) is 2.16. The van der Waals surface area contributed by atoms with Crippen LogP contribution in [0.2, 0.25) is 0 Å². The maximum absolute atomic E-state index is 11.4. The van der Waals surface area contributed by atoms with Gasteiger partial charge in [0.15, 0.2) is 5.78 Å². The van der Waals surface area contributed by atoms with E-state index >= 15 is 0 Å². The zero-order valence-electron chi connectivity index (χ0n) is 8.58. The fraction of sp³-hybridized carbons (Fsp3) is 0.500. The molecule has 0 aliphatic heterocycles. The van der Waals surface area contributed by atoms with E-state index in [1.807, 2.05) is 12.9 Å². The van der Waals surface area contributed by atoms with E-state index in [0.717, 1.165) is 18.4 Å². The first-order valence-electron chi connectivity index (χ1n) is 5.02. The Bertz CT molecular complexity index is 287. The molecule has 0 aromatic rings. The van der Waals surface area contributed by atoms with Crippen LogP contribution in [-0.2, 0) is 9.59 Å². The van der Waals surface area contributed by atoms with Crippen molar-refractivity contribution in [3.63, 3.8) is 0 Å². The molecule has 0 bridgehead atoms. The van der Waals surface area contributed by atoms with E-state index in [9.17, 15) is 4.79 Å². The number of carbonyl (C=O) groups is 2. The molecule has 76 valence electrons. The highest BCUT2D eigenvalue weighted by molar-refractivity contribution is 6.05. The van der Waals surface area contributed by atoms with Gasteiger partial charge in [-0.2, -0.15) is 0 Å². The molecule has 0 saturated carbocycles. The minimum Gasteiger partial charge on any atom is -0.307 e. The molecule has 2 heteroatoms. The molecule has 2 nitrogen and oxygen atoms in total. The molecule has 2 rings (SSSR count). The van der Waals surface area contributed by atoms with Crippen LogP contribution < -0.4 is 0 Å². The van der Waals surface area contributed by atoms with Gasteiger partial charge in [-0.1, -0.05) is 18.6 Å². The summed E-state index contributed by atoms with van der Waals surface area (Å²) in [5.74, 6) is 0.779. The average molecular weight is 192 g/mol. The molecule has 0 aromatic heterocycles. The molecule has 0 spiro atoms. The maximum atomic E-state index is 11.4. The molecule has 2 aliphatic rings. The number of carbonyl (C=O) groups excluding carboxylic acids is 2. The number of allylic oxidation sites excluding steroid dienone is 4. The molecule has 2 aliphatic carbocycles. The maximum Gasteiger partial charge on any atom is 0.181 e. The Morgan fingerprint density at radius 3 is 2.57 bits per heavy atom. The summed E-state index contributed by atoms with van der Waals surface area (Å²) in [5, 5.41) is 0. The SMILES string of the molecule is C=O.CC1C=CC(=O)C2=C1CCCC2. The summed E-state index contributed by atoms with van der Waals surface area (Å²) in [6.07, 6.45) is 8.41. The van der Waals surface area contributed by atoms with Crippen LogP contribution in [-0.4, -0.2) is 12.6 Å². The van der Waals surface area contributed by atoms with Gasteiger partial charge in [0.05, 0.1) is 0 Å². The van der Waals surface area contributed by atoms with Gasteiger partial charge in [0.1, 0.15) is 6.79 Å². The molecule has 0 amide bonds. The summed E-state index contributed by atoms with van der Waals surface area (Å²) in [6.45, 7) is 4.18. The Morgan fingerprint density at radius 1 is 1.29 bits per heavy atom. The highest BCUT2D eigenvalue weighted by Crippen LogP contribution is 2.33. The van der Waals surface area contributed by atoms with Crippen molar-refractivity contribution < 1.29 is 9.59 Å². The summed E-state index contributed by atoms with van der Waals surface area (Å²) < 4.78 is 0. The predicted molar refractivity (Wildman–Crippen MR) is 55.9 cm³/mol. The molecule has 0 fully saturated rings. The van der Waals surface area contributed by atoms with E-state index in [0.29, 0.717) is 5.92 Å². The van der Waals surface area contributed by atoms with Gasteiger partial charge in [-0.15, -0.1) is 0 Å². The van der Waals surface area contributed by atoms with Crippen LogP contribution in [0.15, 0.2) is 23.3 Å². The lowest BCUT2D eigenvalue weighted by atomic mass is 9.80. The van der Waals surface area contributed by atoms with Crippen molar-refractivity contribution in [2.75, 3.05) is 0 Å². The topological polar surface area (TPSA) is 34.1 Å². The van der Waals surface area contributed by atoms with E-state index < -0.39 is 0 Å². The first-order chi connectivity index (χ1) is 6.79. The highest BCUT2D eigenvalue weighted by atomic mass is 16.1. The van der Waals surface area contributed by atoms with Crippen molar-refractivity contribution >= 4 is 12.6 Å². The third-order valence-electron chi connectivity index (χ3n) is 2.89. The molecule has 1 unspecified atom stereocenters. The van der Waals surface area contributed by atoms with Crippen LogP contribution in [0.4, 0.5) is 0 Å². The van der Waals surface area contributed by atoms with E-state index in [-0.39, 0.29) is 5.78 Å². The van der Waals surface area contributed by atoms with Crippen LogP contribution in [0, 0.1) is 5.92 Å². The summed E-state index contributed by atoms with van der Waals surface area (Å²) >= 11 is 0. The fourth-order valence-corrected chi connectivity index (χ4v) is 2.16. The first-order valence-corrected chi connectivity index (χ1v) is 5.02. The predicted octanol–water partition coefficient (Wildman–Crippen LogP) is 2.45. The molecule has 0 saturated heterocycles. The molecule has 0 N–H and O–H groups in total. The normalized spacial score (nSPS) is 25.2. The van der Waals surface area contributed by atoms with Crippen molar-refractivity contribution in [2.24, 2.45) is 5.92 Å². The molecular weight excluding hydrogens is 176 g/mol. The standard InChI is InChI=1S/C11H14O.CH2O/c1-8-6-7-11(12)10-5-3-2-4-9(8)10;1-2/h6-8H,2-5H2,1H3;1H2. The second-order valence-corrected chi connectivity index (χ2v) is 3.72. The van der Waals surface area contributed by atoms with Gasteiger partial charge in [0.2, 0.25) is 0 Å². The summed E-state index contributed by atoms with van der Waals surface area (Å²) in [7, 11) is 0. The second kappa shape index (κ2) is 4.89. The molecule has 1 atom stereocenters. The quantitative estimate of drug-likeness (QED) is 0.590. The van der Waals surface area contributed by atoms with Crippen molar-refractivity contribution in [3.8, 4) is 0 Å². The minimum atomic E-state index is 0.266. The average Bonchev–Trinajstić information content (AvgIpc) is 2.27. The van der Waals surface area contributed by atoms with Gasteiger partial charge < -0.3 is 4.79 Å². The Labute approximate surface area is 84.7 Å². The highest BCUT2D eigenvalue weighted by Gasteiger charge is 2.23. The lowest BCUT2D eigenvalue weighted by Crippen LogP contribution is -2.16. The Kier molecular flexibility index (Phi) is 3.81. The Morgan fingerprint density at radius 2 is 1.93 bits per heavy atom. The van der Waals surface area contributed by atoms with E-state index in [1.165, 1.54) is 18.4 Å². The van der Waals surface area contributed by atoms with Crippen molar-refractivity contribution in [2.45, 2.75) is 32.6 Å². The van der Waals surface area contributed by atoms with Gasteiger partial charge in [-0.3, -0.25) is 4.79 Å². The van der Waals surface area contributed by atoms with Crippen molar-refractivity contribution in [3.05, 3.63) is 23.3 Å². The van der Waals surface area contributed by atoms with E-state index in [1.54, 1.807) is 6.08 Å². The van der Waals surface area contributed by atoms with Gasteiger partial charge in [0, 0.05) is 0 Å². The second-order valence-electron chi connectivity index (χ2n) is 3.72. The van der Waals surface area contributed by atoms with Gasteiger partial charge >= 0.3 is 0 Å². The molecule has 14 heavy (non-hydrogen) atoms. The molecule has 0 radical (unpaired) electrons. The zero-order valence-corrected chi connectivity index (χ0v) is 8.58. The smallest absolute Gasteiger partial charge is 0.181 e. The number of hydrogen-bond acceptors (Lipinski definition) is 2. The molecular formula is C12H16O2. The van der Waals surface area contributed by atoms with Crippen molar-refractivity contribution in [1.29, 1.82) is 0 Å². The third kappa shape index (κ3) is 2.00. The van der Waals surface area contributed by atoms with E-state index in [4.69, 9.17) is 4.79 Å². The van der Waals surface area contributed by atoms with Crippen LogP contribution in [0.1, 0.15) is 32.6 Å². The largest absolute Gasteiger partial charge is 0.307 e. The number of rotatable bonds is 0. The summed E-state index contributed by atoms with van der Waals surface area (Å²) in [6, 6.07) is 0. The Balaban J connectivity index is 0.000000461. The van der Waals surface area contributed by atoms with E-state index in [2.05, 4.69) is 6.92 Å². The van der Waals surface area contributed by atoms with Gasteiger partial charge in [-0.05, 0) is 43.3 Å². The zero-order chi connectivity index (χ0) is 10.6. The van der Waals surface area contributed by atoms with Crippen LogP contribution in [0.3, 0.4) is 0 Å². The van der Waals surface area contributed by atoms with Crippen LogP contribution >= 0.6 is 0 Å². The van der Waals surface area contributed by atoms with Crippen molar-refractivity contribution in [1.82, 2.24) is 0 Å². The van der Waals surface area contributed by atoms with Gasteiger partial charge in [0.25, 0.3) is 0 Å². The minimum absolute atomic E-state index is 0.266. The molecule has 0 aromatic carbocycles. The monoisotopic (exact) mass is 192 g/mol. The van der Waals surface area contributed by atoms with Crippen LogP contribution in [0.25, 0.3) is 0 Å². The Hall–Kier alpha value is -1.18. The molecule has 0 heterocycles. The van der Waals surface area contributed by atoms with Gasteiger partial charge in [-0.25, -0.2) is 0 Å². The summed E-state index contributed by atoms with van der Waals surface area (Å²) in [5.41, 5.74) is 2.53.